The lowest BCUT2D eigenvalue weighted by Gasteiger charge is -2.10. The summed E-state index contributed by atoms with van der Waals surface area (Å²) in [5, 5.41) is 23.8. The molecule has 1 N–H and O–H groups in total. The monoisotopic (exact) mass is 481 g/mol. The van der Waals surface area contributed by atoms with Crippen LogP contribution in [0.4, 0.5) is 11.4 Å². The van der Waals surface area contributed by atoms with Crippen molar-refractivity contribution >= 4 is 52.1 Å². The van der Waals surface area contributed by atoms with Gasteiger partial charge in [-0.15, -0.1) is 0 Å². The van der Waals surface area contributed by atoms with E-state index in [4.69, 9.17) is 27.9 Å². The number of carbonyl (C=O) groups is 1. The van der Waals surface area contributed by atoms with E-state index in [1.54, 1.807) is 42.5 Å². The number of nitrogens with zero attached hydrogens (tertiary/aromatic N) is 2. The molecule has 0 saturated carbocycles. The SMILES string of the molecule is Cc1ccc(NC(=O)COc2ccc(/C=C(\C#N)c3ccc([N+](=O)[O-])cc3)cc2Cl)cc1Cl. The van der Waals surface area contributed by atoms with Crippen LogP contribution in [-0.4, -0.2) is 17.4 Å². The van der Waals surface area contributed by atoms with Crippen molar-refractivity contribution in [3.63, 3.8) is 0 Å². The summed E-state index contributed by atoms with van der Waals surface area (Å²) in [5.41, 5.74) is 2.87. The second kappa shape index (κ2) is 10.6. The predicted octanol–water partition coefficient (Wildman–Crippen LogP) is 6.29. The van der Waals surface area contributed by atoms with Gasteiger partial charge in [-0.3, -0.25) is 14.9 Å². The molecule has 3 rings (SSSR count). The number of nitro benzene ring substituents is 1. The van der Waals surface area contributed by atoms with Gasteiger partial charge in [0.15, 0.2) is 6.61 Å². The van der Waals surface area contributed by atoms with E-state index in [0.29, 0.717) is 33.2 Å². The van der Waals surface area contributed by atoms with Crippen LogP contribution in [0.5, 0.6) is 5.75 Å². The predicted molar refractivity (Wildman–Crippen MR) is 128 cm³/mol. The van der Waals surface area contributed by atoms with E-state index in [-0.39, 0.29) is 23.2 Å². The van der Waals surface area contributed by atoms with Crippen molar-refractivity contribution in [3.8, 4) is 11.8 Å². The van der Waals surface area contributed by atoms with Crippen LogP contribution in [0.3, 0.4) is 0 Å². The molecule has 0 aromatic heterocycles. The number of nitrogens with one attached hydrogen (secondary N) is 1. The number of ether oxygens (including phenoxy) is 1. The van der Waals surface area contributed by atoms with Crippen LogP contribution in [-0.2, 0) is 4.79 Å². The summed E-state index contributed by atoms with van der Waals surface area (Å²) in [6.07, 6.45) is 1.60. The number of halogens is 2. The standard InChI is InChI=1S/C24H17Cl2N3O4/c1-15-2-6-19(12-21(15)25)28-24(30)14-33-23-9-3-16(11-22(23)26)10-18(13-27)17-4-7-20(8-5-17)29(31)32/h2-12H,14H2,1H3,(H,28,30)/b18-10+. The Morgan fingerprint density at radius 2 is 1.85 bits per heavy atom. The molecular weight excluding hydrogens is 465 g/mol. The average Bonchev–Trinajstić information content (AvgIpc) is 2.79. The highest BCUT2D eigenvalue weighted by atomic mass is 35.5. The first-order valence-corrected chi connectivity index (χ1v) is 10.4. The molecule has 0 unspecified atom stereocenters. The number of non-ortho nitro benzene ring substituents is 1. The van der Waals surface area contributed by atoms with Gasteiger partial charge in [0.2, 0.25) is 0 Å². The number of carbonyl (C=O) groups excluding carboxylic acids is 1. The molecule has 0 bridgehead atoms. The Kier molecular flexibility index (Phi) is 7.67. The average molecular weight is 482 g/mol. The molecule has 33 heavy (non-hydrogen) atoms. The fourth-order valence-electron chi connectivity index (χ4n) is 2.84. The molecule has 0 aliphatic heterocycles. The summed E-state index contributed by atoms with van der Waals surface area (Å²) < 4.78 is 5.50. The van der Waals surface area contributed by atoms with Crippen molar-refractivity contribution in [2.45, 2.75) is 6.92 Å². The molecular formula is C24H17Cl2N3O4. The van der Waals surface area contributed by atoms with Crippen molar-refractivity contribution in [2.75, 3.05) is 11.9 Å². The van der Waals surface area contributed by atoms with E-state index >= 15 is 0 Å². The third-order valence-electron chi connectivity index (χ3n) is 4.59. The summed E-state index contributed by atoms with van der Waals surface area (Å²) in [5.74, 6) is -0.0698. The molecule has 0 saturated heterocycles. The van der Waals surface area contributed by atoms with Gasteiger partial charge in [-0.25, -0.2) is 0 Å². The molecule has 0 spiro atoms. The van der Waals surface area contributed by atoms with E-state index in [2.05, 4.69) is 11.4 Å². The maximum Gasteiger partial charge on any atom is 0.269 e. The maximum absolute atomic E-state index is 12.2. The number of amides is 1. The number of nitriles is 1. The van der Waals surface area contributed by atoms with Crippen molar-refractivity contribution in [3.05, 3.63) is 97.5 Å². The van der Waals surface area contributed by atoms with Gasteiger partial charge in [0, 0.05) is 22.8 Å². The fraction of sp³-hybridized carbons (Fsp3) is 0.0833. The quantitative estimate of drug-likeness (QED) is 0.184. The number of hydrogen-bond acceptors (Lipinski definition) is 5. The molecule has 0 aliphatic rings. The molecule has 0 atom stereocenters. The first kappa shape index (κ1) is 23.8. The van der Waals surface area contributed by atoms with Crippen LogP contribution in [0.1, 0.15) is 16.7 Å². The molecule has 9 heteroatoms. The zero-order valence-corrected chi connectivity index (χ0v) is 18.9. The molecule has 0 aliphatic carbocycles. The van der Waals surface area contributed by atoms with Gasteiger partial charge >= 0.3 is 0 Å². The second-order valence-corrected chi connectivity index (χ2v) is 7.78. The third-order valence-corrected chi connectivity index (χ3v) is 5.29. The van der Waals surface area contributed by atoms with E-state index in [0.717, 1.165) is 5.56 Å². The van der Waals surface area contributed by atoms with Gasteiger partial charge in [0.1, 0.15) is 5.75 Å². The normalized spacial score (nSPS) is 10.9. The molecule has 166 valence electrons. The van der Waals surface area contributed by atoms with Gasteiger partial charge in [-0.2, -0.15) is 5.26 Å². The topological polar surface area (TPSA) is 105 Å². The summed E-state index contributed by atoms with van der Waals surface area (Å²) in [4.78, 5) is 22.4. The van der Waals surface area contributed by atoms with Gasteiger partial charge in [0.05, 0.1) is 21.6 Å². The summed E-state index contributed by atoms with van der Waals surface area (Å²) in [7, 11) is 0. The van der Waals surface area contributed by atoms with Crippen LogP contribution in [0.15, 0.2) is 60.7 Å². The zero-order valence-electron chi connectivity index (χ0n) is 17.3. The minimum atomic E-state index is -0.506. The highest BCUT2D eigenvalue weighted by molar-refractivity contribution is 6.32. The largest absolute Gasteiger partial charge is 0.482 e. The molecule has 0 fully saturated rings. The molecule has 0 heterocycles. The van der Waals surface area contributed by atoms with Crippen LogP contribution in [0, 0.1) is 28.4 Å². The Bertz CT molecular complexity index is 1280. The van der Waals surface area contributed by atoms with Gasteiger partial charge in [0.25, 0.3) is 11.6 Å². The Morgan fingerprint density at radius 1 is 1.12 bits per heavy atom. The van der Waals surface area contributed by atoms with E-state index in [1.165, 1.54) is 24.3 Å². The Morgan fingerprint density at radius 3 is 2.45 bits per heavy atom. The highest BCUT2D eigenvalue weighted by Crippen LogP contribution is 2.28. The number of anilines is 1. The lowest BCUT2D eigenvalue weighted by molar-refractivity contribution is -0.384. The van der Waals surface area contributed by atoms with Crippen molar-refractivity contribution in [1.29, 1.82) is 5.26 Å². The Hall–Kier alpha value is -3.86. The van der Waals surface area contributed by atoms with E-state index < -0.39 is 4.92 Å². The summed E-state index contributed by atoms with van der Waals surface area (Å²) >= 11 is 12.3. The first-order chi connectivity index (χ1) is 15.8. The minimum Gasteiger partial charge on any atom is -0.482 e. The first-order valence-electron chi connectivity index (χ1n) is 9.62. The van der Waals surface area contributed by atoms with Crippen LogP contribution in [0.25, 0.3) is 11.6 Å². The lowest BCUT2D eigenvalue weighted by Crippen LogP contribution is -2.20. The lowest BCUT2D eigenvalue weighted by atomic mass is 10.0. The van der Waals surface area contributed by atoms with Gasteiger partial charge in [-0.1, -0.05) is 35.3 Å². The summed E-state index contributed by atoms with van der Waals surface area (Å²) in [6, 6.07) is 17.8. The molecule has 7 nitrogen and oxygen atoms in total. The maximum atomic E-state index is 12.2. The second-order valence-electron chi connectivity index (χ2n) is 6.96. The van der Waals surface area contributed by atoms with Crippen LogP contribution < -0.4 is 10.1 Å². The fourth-order valence-corrected chi connectivity index (χ4v) is 3.27. The van der Waals surface area contributed by atoms with E-state index in [9.17, 15) is 20.2 Å². The number of rotatable bonds is 7. The van der Waals surface area contributed by atoms with Crippen molar-refractivity contribution in [1.82, 2.24) is 0 Å². The van der Waals surface area contributed by atoms with Crippen molar-refractivity contribution < 1.29 is 14.5 Å². The minimum absolute atomic E-state index is 0.0601. The highest BCUT2D eigenvalue weighted by Gasteiger charge is 2.10. The van der Waals surface area contributed by atoms with Crippen LogP contribution in [0.2, 0.25) is 10.0 Å². The molecule has 3 aromatic carbocycles. The van der Waals surface area contributed by atoms with Crippen molar-refractivity contribution in [2.24, 2.45) is 0 Å². The van der Waals surface area contributed by atoms with E-state index in [1.807, 2.05) is 6.92 Å². The molecule has 0 radical (unpaired) electrons. The number of nitro groups is 1. The smallest absolute Gasteiger partial charge is 0.269 e. The number of benzene rings is 3. The number of hydrogen-bond donors (Lipinski definition) is 1. The zero-order chi connectivity index (χ0) is 24.0. The number of allylic oxidation sites excluding steroid dienone is 1. The van der Waals surface area contributed by atoms with Gasteiger partial charge < -0.3 is 10.1 Å². The van der Waals surface area contributed by atoms with Crippen LogP contribution >= 0.6 is 23.2 Å². The Balaban J connectivity index is 1.67. The van der Waals surface area contributed by atoms with Gasteiger partial charge in [-0.05, 0) is 66.1 Å². The molecule has 3 aromatic rings. The Labute approximate surface area is 200 Å². The summed E-state index contributed by atoms with van der Waals surface area (Å²) in [6.45, 7) is 1.61. The molecule has 1 amide bonds. The third kappa shape index (κ3) is 6.32. The number of aryl methyl sites for hydroxylation is 1.